The van der Waals surface area contributed by atoms with Crippen molar-refractivity contribution < 1.29 is 28.2 Å². The standard InChI is InChI=1S/C20H29FN2O5/c1-18(2,3)27-16(24)22-20(14-10-13(26-7)8-9-15(14)21)11-23(12-20)17(25)28-19(4,5)6/h8-10H,11-12H2,1-7H3,(H,22,24). The SMILES string of the molecule is COc1ccc(F)c(C2(NC(=O)OC(C)(C)C)CN(C(=O)OC(C)(C)C)C2)c1. The highest BCUT2D eigenvalue weighted by molar-refractivity contribution is 5.73. The fraction of sp³-hybridized carbons (Fsp3) is 0.600. The van der Waals surface area contributed by atoms with Gasteiger partial charge in [-0.1, -0.05) is 0 Å². The average Bonchev–Trinajstić information content (AvgIpc) is 2.47. The third-order valence-corrected chi connectivity index (χ3v) is 4.00. The molecule has 0 saturated carbocycles. The molecule has 28 heavy (non-hydrogen) atoms. The molecule has 2 rings (SSSR count). The number of carbonyl (C=O) groups excluding carboxylic acids is 2. The highest BCUT2D eigenvalue weighted by Crippen LogP contribution is 2.36. The minimum atomic E-state index is -1.14. The van der Waals surface area contributed by atoms with Crippen molar-refractivity contribution in [3.63, 3.8) is 0 Å². The van der Waals surface area contributed by atoms with Crippen molar-refractivity contribution in [2.45, 2.75) is 58.3 Å². The predicted octanol–water partition coefficient (Wildman–Crippen LogP) is 3.81. The van der Waals surface area contributed by atoms with Crippen molar-refractivity contribution in [3.05, 3.63) is 29.6 Å². The van der Waals surface area contributed by atoms with E-state index in [2.05, 4.69) is 5.32 Å². The molecule has 1 heterocycles. The van der Waals surface area contributed by atoms with Crippen LogP contribution in [0.15, 0.2) is 18.2 Å². The maximum absolute atomic E-state index is 14.6. The molecule has 0 spiro atoms. The smallest absolute Gasteiger partial charge is 0.410 e. The molecule has 0 radical (unpaired) electrons. The van der Waals surface area contributed by atoms with Gasteiger partial charge in [-0.2, -0.15) is 0 Å². The zero-order chi connectivity index (χ0) is 21.3. The molecule has 2 amide bonds. The Kier molecular flexibility index (Phi) is 5.82. The van der Waals surface area contributed by atoms with Crippen molar-refractivity contribution in [1.29, 1.82) is 0 Å². The van der Waals surface area contributed by atoms with Gasteiger partial charge < -0.3 is 24.4 Å². The lowest BCUT2D eigenvalue weighted by Crippen LogP contribution is -2.69. The summed E-state index contributed by atoms with van der Waals surface area (Å²) in [6.07, 6.45) is -1.23. The second kappa shape index (κ2) is 7.48. The summed E-state index contributed by atoms with van der Waals surface area (Å²) in [4.78, 5) is 26.1. The Morgan fingerprint density at radius 1 is 1.07 bits per heavy atom. The summed E-state index contributed by atoms with van der Waals surface area (Å²) >= 11 is 0. The first-order chi connectivity index (χ1) is 12.7. The Hall–Kier alpha value is -2.51. The number of rotatable bonds is 3. The average molecular weight is 396 g/mol. The molecule has 1 N–H and O–H groups in total. The minimum absolute atomic E-state index is 0.0469. The lowest BCUT2D eigenvalue weighted by molar-refractivity contribution is -0.0238. The number of amides is 2. The first-order valence-corrected chi connectivity index (χ1v) is 9.08. The molecular weight excluding hydrogens is 367 g/mol. The van der Waals surface area contributed by atoms with Crippen LogP contribution in [0.4, 0.5) is 14.0 Å². The molecule has 1 aliphatic rings. The van der Waals surface area contributed by atoms with E-state index >= 15 is 0 Å². The van der Waals surface area contributed by atoms with Gasteiger partial charge in [0.1, 0.15) is 28.3 Å². The highest BCUT2D eigenvalue weighted by Gasteiger charge is 2.51. The number of nitrogens with one attached hydrogen (secondary N) is 1. The quantitative estimate of drug-likeness (QED) is 0.841. The topological polar surface area (TPSA) is 77.1 Å². The number of benzene rings is 1. The molecule has 0 aromatic heterocycles. The van der Waals surface area contributed by atoms with Gasteiger partial charge in [0.25, 0.3) is 0 Å². The van der Waals surface area contributed by atoms with E-state index in [4.69, 9.17) is 14.2 Å². The molecule has 1 saturated heterocycles. The summed E-state index contributed by atoms with van der Waals surface area (Å²) in [7, 11) is 1.47. The maximum atomic E-state index is 14.6. The Morgan fingerprint density at radius 3 is 2.14 bits per heavy atom. The van der Waals surface area contributed by atoms with Crippen LogP contribution in [-0.2, 0) is 15.0 Å². The fourth-order valence-corrected chi connectivity index (χ4v) is 2.87. The van der Waals surface area contributed by atoms with E-state index in [1.54, 1.807) is 41.5 Å². The van der Waals surface area contributed by atoms with Crippen molar-refractivity contribution in [3.8, 4) is 5.75 Å². The molecule has 7 nitrogen and oxygen atoms in total. The Balaban J connectivity index is 2.29. The first kappa shape index (κ1) is 21.8. The van der Waals surface area contributed by atoms with E-state index in [1.165, 1.54) is 30.2 Å². The van der Waals surface area contributed by atoms with Crippen LogP contribution in [0.25, 0.3) is 0 Å². The molecular formula is C20H29FN2O5. The predicted molar refractivity (Wildman–Crippen MR) is 102 cm³/mol. The van der Waals surface area contributed by atoms with Gasteiger partial charge in [-0.3, -0.25) is 0 Å². The molecule has 1 aromatic carbocycles. The number of hydrogen-bond acceptors (Lipinski definition) is 5. The van der Waals surface area contributed by atoms with E-state index in [-0.39, 0.29) is 18.7 Å². The fourth-order valence-electron chi connectivity index (χ4n) is 2.87. The number of likely N-dealkylation sites (tertiary alicyclic amines) is 1. The van der Waals surface area contributed by atoms with Crippen LogP contribution < -0.4 is 10.1 Å². The number of nitrogens with zero attached hydrogens (tertiary/aromatic N) is 1. The van der Waals surface area contributed by atoms with Gasteiger partial charge >= 0.3 is 12.2 Å². The van der Waals surface area contributed by atoms with E-state index in [0.29, 0.717) is 5.75 Å². The Bertz CT molecular complexity index is 746. The zero-order valence-electron chi connectivity index (χ0n) is 17.5. The molecule has 0 aliphatic carbocycles. The van der Waals surface area contributed by atoms with Gasteiger partial charge in [0.05, 0.1) is 20.2 Å². The van der Waals surface area contributed by atoms with Gasteiger partial charge in [-0.05, 0) is 59.7 Å². The first-order valence-electron chi connectivity index (χ1n) is 9.08. The molecule has 1 fully saturated rings. The minimum Gasteiger partial charge on any atom is -0.497 e. The van der Waals surface area contributed by atoms with Crippen LogP contribution in [-0.4, -0.2) is 48.5 Å². The zero-order valence-corrected chi connectivity index (χ0v) is 17.5. The van der Waals surface area contributed by atoms with Gasteiger partial charge in [0.2, 0.25) is 0 Å². The normalized spacial score (nSPS) is 16.1. The molecule has 1 aliphatic heterocycles. The third kappa shape index (κ3) is 5.27. The molecule has 0 atom stereocenters. The second-order valence-corrected chi connectivity index (χ2v) is 8.89. The van der Waals surface area contributed by atoms with E-state index in [9.17, 15) is 14.0 Å². The van der Waals surface area contributed by atoms with E-state index < -0.39 is 34.7 Å². The highest BCUT2D eigenvalue weighted by atomic mass is 19.1. The van der Waals surface area contributed by atoms with Crippen LogP contribution in [0.5, 0.6) is 5.75 Å². The number of ether oxygens (including phenoxy) is 3. The second-order valence-electron chi connectivity index (χ2n) is 8.89. The number of hydrogen-bond donors (Lipinski definition) is 1. The van der Waals surface area contributed by atoms with Gasteiger partial charge in [-0.25, -0.2) is 14.0 Å². The van der Waals surface area contributed by atoms with Gasteiger partial charge in [0.15, 0.2) is 0 Å². The Labute approximate surface area is 165 Å². The van der Waals surface area contributed by atoms with Crippen molar-refractivity contribution >= 4 is 12.2 Å². The molecule has 8 heteroatoms. The molecule has 1 aromatic rings. The lowest BCUT2D eigenvalue weighted by atomic mass is 9.82. The number of alkyl carbamates (subject to hydrolysis) is 1. The Morgan fingerprint density at radius 2 is 1.64 bits per heavy atom. The van der Waals surface area contributed by atoms with Crippen molar-refractivity contribution in [2.24, 2.45) is 0 Å². The van der Waals surface area contributed by atoms with Crippen LogP contribution in [0.2, 0.25) is 0 Å². The summed E-state index contributed by atoms with van der Waals surface area (Å²) in [6, 6.07) is 4.27. The summed E-state index contributed by atoms with van der Waals surface area (Å²) in [6.45, 7) is 10.6. The molecule has 0 bridgehead atoms. The summed E-state index contributed by atoms with van der Waals surface area (Å²) in [5.74, 6) is -0.0711. The van der Waals surface area contributed by atoms with E-state index in [0.717, 1.165) is 0 Å². The lowest BCUT2D eigenvalue weighted by Gasteiger charge is -2.50. The number of halogens is 1. The molecule has 0 unspecified atom stereocenters. The van der Waals surface area contributed by atoms with Crippen LogP contribution >= 0.6 is 0 Å². The van der Waals surface area contributed by atoms with Gasteiger partial charge in [-0.15, -0.1) is 0 Å². The number of carbonyl (C=O) groups is 2. The number of methoxy groups -OCH3 is 1. The van der Waals surface area contributed by atoms with Crippen LogP contribution in [0.3, 0.4) is 0 Å². The van der Waals surface area contributed by atoms with Crippen LogP contribution in [0, 0.1) is 5.82 Å². The summed E-state index contributed by atoms with van der Waals surface area (Å²) in [5, 5.41) is 2.74. The largest absolute Gasteiger partial charge is 0.497 e. The summed E-state index contributed by atoms with van der Waals surface area (Å²) in [5.41, 5.74) is -2.29. The van der Waals surface area contributed by atoms with E-state index in [1.807, 2.05) is 0 Å². The van der Waals surface area contributed by atoms with Crippen molar-refractivity contribution in [1.82, 2.24) is 10.2 Å². The van der Waals surface area contributed by atoms with Crippen molar-refractivity contribution in [2.75, 3.05) is 20.2 Å². The third-order valence-electron chi connectivity index (χ3n) is 4.00. The summed E-state index contributed by atoms with van der Waals surface area (Å²) < 4.78 is 30.5. The maximum Gasteiger partial charge on any atom is 0.410 e. The van der Waals surface area contributed by atoms with Crippen LogP contribution in [0.1, 0.15) is 47.1 Å². The molecule has 156 valence electrons. The van der Waals surface area contributed by atoms with Gasteiger partial charge in [0, 0.05) is 5.56 Å². The monoisotopic (exact) mass is 396 g/mol.